The van der Waals surface area contributed by atoms with Crippen LogP contribution in [0.15, 0.2) is 61.2 Å². The van der Waals surface area contributed by atoms with Crippen molar-refractivity contribution in [2.24, 2.45) is 0 Å². The van der Waals surface area contributed by atoms with Gasteiger partial charge in [0, 0.05) is 6.54 Å². The Morgan fingerprint density at radius 3 is 2.17 bits per heavy atom. The van der Waals surface area contributed by atoms with Gasteiger partial charge in [0.1, 0.15) is 5.75 Å². The number of carbonyl (C=O) groups is 2. The maximum absolute atomic E-state index is 11.9. The first-order valence-electron chi connectivity index (χ1n) is 7.04. The molecule has 23 heavy (non-hydrogen) atoms. The lowest BCUT2D eigenvalue weighted by atomic mass is 10.0. The van der Waals surface area contributed by atoms with E-state index < -0.39 is 5.97 Å². The predicted molar refractivity (Wildman–Crippen MR) is 87.0 cm³/mol. The molecule has 0 spiro atoms. The molecule has 0 radical (unpaired) electrons. The van der Waals surface area contributed by atoms with E-state index in [0.717, 1.165) is 11.1 Å². The third-order valence-electron chi connectivity index (χ3n) is 3.10. The summed E-state index contributed by atoms with van der Waals surface area (Å²) in [6.45, 7) is 3.48. The van der Waals surface area contributed by atoms with Crippen LogP contribution < -0.4 is 5.32 Å². The Balaban J connectivity index is 1.96. The molecule has 0 saturated carbocycles. The molecule has 0 heterocycles. The van der Waals surface area contributed by atoms with E-state index in [0.29, 0.717) is 12.1 Å². The third-order valence-corrected chi connectivity index (χ3v) is 3.10. The minimum Gasteiger partial charge on any atom is -0.508 e. The van der Waals surface area contributed by atoms with E-state index in [4.69, 9.17) is 4.74 Å². The molecule has 2 rings (SSSR count). The molecule has 0 fully saturated rings. The number of hydrogen-bond acceptors (Lipinski definition) is 4. The van der Waals surface area contributed by atoms with E-state index in [2.05, 4.69) is 11.9 Å². The molecule has 1 amide bonds. The topological polar surface area (TPSA) is 75.6 Å². The zero-order valence-electron chi connectivity index (χ0n) is 12.5. The van der Waals surface area contributed by atoms with E-state index in [9.17, 15) is 14.7 Å². The molecule has 5 heteroatoms. The molecule has 0 aliphatic heterocycles. The van der Waals surface area contributed by atoms with Gasteiger partial charge >= 0.3 is 5.97 Å². The van der Waals surface area contributed by atoms with Gasteiger partial charge in [0.15, 0.2) is 6.61 Å². The first-order valence-corrected chi connectivity index (χ1v) is 7.04. The minimum atomic E-state index is -0.559. The normalized spacial score (nSPS) is 9.91. The fourth-order valence-corrected chi connectivity index (χ4v) is 1.90. The summed E-state index contributed by atoms with van der Waals surface area (Å²) in [6.07, 6.45) is 1.54. The molecule has 5 nitrogen and oxygen atoms in total. The number of nitrogens with one attached hydrogen (secondary N) is 1. The van der Waals surface area contributed by atoms with Crippen molar-refractivity contribution in [1.82, 2.24) is 5.32 Å². The van der Waals surface area contributed by atoms with Crippen LogP contribution >= 0.6 is 0 Å². The molecule has 0 bridgehead atoms. The molecule has 0 unspecified atom stereocenters. The van der Waals surface area contributed by atoms with Gasteiger partial charge in [-0.05, 0) is 35.4 Å². The molecule has 0 aromatic heterocycles. The summed E-state index contributed by atoms with van der Waals surface area (Å²) in [5, 5.41) is 11.8. The highest BCUT2D eigenvalue weighted by Gasteiger charge is 2.10. The monoisotopic (exact) mass is 311 g/mol. The van der Waals surface area contributed by atoms with E-state index >= 15 is 0 Å². The van der Waals surface area contributed by atoms with Gasteiger partial charge in [0.25, 0.3) is 5.91 Å². The van der Waals surface area contributed by atoms with Gasteiger partial charge in [-0.15, -0.1) is 6.58 Å². The molecule has 2 N–H and O–H groups in total. The molecule has 0 aliphatic rings. The second kappa shape index (κ2) is 7.79. The number of hydrogen-bond donors (Lipinski definition) is 2. The van der Waals surface area contributed by atoms with Crippen LogP contribution in [0, 0.1) is 0 Å². The van der Waals surface area contributed by atoms with Gasteiger partial charge in [-0.1, -0.05) is 30.3 Å². The number of phenolic OH excluding ortho intramolecular Hbond substituents is 1. The van der Waals surface area contributed by atoms with Gasteiger partial charge < -0.3 is 15.2 Å². The van der Waals surface area contributed by atoms with Crippen LogP contribution in [0.2, 0.25) is 0 Å². The first kappa shape index (κ1) is 16.3. The number of rotatable bonds is 6. The van der Waals surface area contributed by atoms with Gasteiger partial charge in [0.2, 0.25) is 0 Å². The number of phenols is 1. The van der Waals surface area contributed by atoms with Crippen molar-refractivity contribution < 1.29 is 19.4 Å². The van der Waals surface area contributed by atoms with Crippen LogP contribution in [0.3, 0.4) is 0 Å². The van der Waals surface area contributed by atoms with Crippen LogP contribution in [0.25, 0.3) is 11.1 Å². The van der Waals surface area contributed by atoms with Crippen LogP contribution in [-0.4, -0.2) is 30.1 Å². The van der Waals surface area contributed by atoms with Crippen molar-refractivity contribution in [3.8, 4) is 16.9 Å². The smallest absolute Gasteiger partial charge is 0.338 e. The Bertz CT molecular complexity index is 690. The Morgan fingerprint density at radius 2 is 1.61 bits per heavy atom. The van der Waals surface area contributed by atoms with Crippen LogP contribution in [0.4, 0.5) is 0 Å². The number of ether oxygens (including phenoxy) is 1. The lowest BCUT2D eigenvalue weighted by Gasteiger charge is -2.06. The second-order valence-electron chi connectivity index (χ2n) is 4.79. The molecule has 0 atom stereocenters. The van der Waals surface area contributed by atoms with E-state index in [1.54, 1.807) is 54.6 Å². The lowest BCUT2D eigenvalue weighted by molar-refractivity contribution is -0.124. The second-order valence-corrected chi connectivity index (χ2v) is 4.79. The number of amides is 1. The molecule has 2 aromatic rings. The van der Waals surface area contributed by atoms with Crippen molar-refractivity contribution in [1.29, 1.82) is 0 Å². The fourth-order valence-electron chi connectivity index (χ4n) is 1.90. The summed E-state index contributed by atoms with van der Waals surface area (Å²) in [6, 6.07) is 13.6. The maximum atomic E-state index is 11.9. The van der Waals surface area contributed by atoms with Crippen molar-refractivity contribution in [3.63, 3.8) is 0 Å². The average Bonchev–Trinajstić information content (AvgIpc) is 2.58. The zero-order valence-corrected chi connectivity index (χ0v) is 12.5. The van der Waals surface area contributed by atoms with Crippen molar-refractivity contribution in [3.05, 3.63) is 66.7 Å². The number of esters is 1. The van der Waals surface area contributed by atoms with Gasteiger partial charge in [-0.25, -0.2) is 4.79 Å². The number of carbonyl (C=O) groups excluding carboxylic acids is 2. The molecule has 2 aromatic carbocycles. The van der Waals surface area contributed by atoms with Crippen LogP contribution in [0.5, 0.6) is 5.75 Å². The summed E-state index contributed by atoms with van der Waals surface area (Å²) < 4.78 is 4.93. The van der Waals surface area contributed by atoms with Crippen molar-refractivity contribution >= 4 is 11.9 Å². The molecular formula is C18H17NO4. The fraction of sp³-hybridized carbons (Fsp3) is 0.111. The Morgan fingerprint density at radius 1 is 1.04 bits per heavy atom. The maximum Gasteiger partial charge on any atom is 0.338 e. The van der Waals surface area contributed by atoms with Gasteiger partial charge in [-0.3, -0.25) is 4.79 Å². The summed E-state index contributed by atoms with van der Waals surface area (Å²) in [7, 11) is 0. The average molecular weight is 311 g/mol. The standard InChI is InChI=1S/C18H17NO4/c1-2-11-19-17(21)12-23-18(22)15-5-3-13(4-6-15)14-7-9-16(20)10-8-14/h2-10,20H,1,11-12H2,(H,19,21). The summed E-state index contributed by atoms with van der Waals surface area (Å²) in [5.74, 6) is -0.737. The third kappa shape index (κ3) is 4.71. The Hall–Kier alpha value is -3.08. The summed E-state index contributed by atoms with van der Waals surface area (Å²) >= 11 is 0. The molecular weight excluding hydrogens is 294 g/mol. The highest BCUT2D eigenvalue weighted by molar-refractivity contribution is 5.91. The lowest BCUT2D eigenvalue weighted by Crippen LogP contribution is -2.28. The molecule has 0 saturated heterocycles. The molecule has 0 aliphatic carbocycles. The van der Waals surface area contributed by atoms with Gasteiger partial charge in [0.05, 0.1) is 5.56 Å². The van der Waals surface area contributed by atoms with Crippen LogP contribution in [0.1, 0.15) is 10.4 Å². The van der Waals surface area contributed by atoms with Gasteiger partial charge in [-0.2, -0.15) is 0 Å². The van der Waals surface area contributed by atoms with E-state index in [1.807, 2.05) is 0 Å². The first-order chi connectivity index (χ1) is 11.1. The van der Waals surface area contributed by atoms with Crippen molar-refractivity contribution in [2.45, 2.75) is 0 Å². The largest absolute Gasteiger partial charge is 0.508 e. The number of aromatic hydroxyl groups is 1. The quantitative estimate of drug-likeness (QED) is 0.635. The Kier molecular flexibility index (Phi) is 5.52. The SMILES string of the molecule is C=CCNC(=O)COC(=O)c1ccc(-c2ccc(O)cc2)cc1. The Labute approximate surface area is 134 Å². The van der Waals surface area contributed by atoms with Crippen molar-refractivity contribution in [2.75, 3.05) is 13.2 Å². The number of benzene rings is 2. The van der Waals surface area contributed by atoms with E-state index in [1.165, 1.54) is 0 Å². The minimum absolute atomic E-state index is 0.198. The highest BCUT2D eigenvalue weighted by atomic mass is 16.5. The molecule has 118 valence electrons. The highest BCUT2D eigenvalue weighted by Crippen LogP contribution is 2.22. The predicted octanol–water partition coefficient (Wildman–Crippen LogP) is 2.52. The summed E-state index contributed by atoms with van der Waals surface area (Å²) in [4.78, 5) is 23.2. The van der Waals surface area contributed by atoms with E-state index in [-0.39, 0.29) is 18.3 Å². The summed E-state index contributed by atoms with van der Waals surface area (Å²) in [5.41, 5.74) is 2.20. The van der Waals surface area contributed by atoms with Crippen LogP contribution in [-0.2, 0) is 9.53 Å². The zero-order chi connectivity index (χ0) is 16.7.